The number of furan rings is 1. The maximum absolute atomic E-state index is 13.1. The first kappa shape index (κ1) is 23.6. The molecule has 1 atom stereocenters. The van der Waals surface area contributed by atoms with Gasteiger partial charge in [-0.05, 0) is 54.1 Å². The second kappa shape index (κ2) is 10.1. The molecule has 178 valence electrons. The number of nitrogens with zero attached hydrogens (tertiary/aromatic N) is 1. The van der Waals surface area contributed by atoms with Gasteiger partial charge in [0.2, 0.25) is 0 Å². The summed E-state index contributed by atoms with van der Waals surface area (Å²) in [5.74, 6) is -1.37. The van der Waals surface area contributed by atoms with Gasteiger partial charge in [0.15, 0.2) is 0 Å². The highest BCUT2D eigenvalue weighted by atomic mass is 16.5. The summed E-state index contributed by atoms with van der Waals surface area (Å²) in [6.45, 7) is 3.95. The average Bonchev–Trinajstić information content (AvgIpc) is 3.49. The van der Waals surface area contributed by atoms with Crippen molar-refractivity contribution >= 4 is 23.4 Å². The van der Waals surface area contributed by atoms with Crippen LogP contribution in [-0.4, -0.2) is 41.4 Å². The number of Topliss-reactive ketones (excluding diaryl/α,β-unsaturated/α-hetero) is 1. The predicted octanol–water partition coefficient (Wildman–Crippen LogP) is 4.25. The first-order valence-electron chi connectivity index (χ1n) is 10.8. The number of hydrogen-bond acceptors (Lipinski definition) is 7. The molecule has 1 aliphatic heterocycles. The van der Waals surface area contributed by atoms with Gasteiger partial charge in [-0.25, -0.2) is 4.79 Å². The number of aliphatic hydroxyl groups excluding tert-OH is 1. The van der Waals surface area contributed by atoms with E-state index >= 15 is 0 Å². The van der Waals surface area contributed by atoms with Crippen molar-refractivity contribution in [2.24, 2.45) is 0 Å². The number of ketones is 1. The molecule has 1 saturated heterocycles. The van der Waals surface area contributed by atoms with Gasteiger partial charge in [-0.2, -0.15) is 0 Å². The number of esters is 1. The lowest BCUT2D eigenvalue weighted by molar-refractivity contribution is -0.140. The first-order chi connectivity index (χ1) is 16.9. The van der Waals surface area contributed by atoms with E-state index < -0.39 is 23.7 Å². The van der Waals surface area contributed by atoms with Gasteiger partial charge in [0.05, 0.1) is 37.1 Å². The minimum Gasteiger partial charge on any atom is -0.507 e. The lowest BCUT2D eigenvalue weighted by Gasteiger charge is -2.24. The molecule has 2 heterocycles. The van der Waals surface area contributed by atoms with Crippen molar-refractivity contribution in [3.05, 3.63) is 108 Å². The third-order valence-corrected chi connectivity index (χ3v) is 5.59. The molecular weight excluding hydrogens is 450 g/mol. The van der Waals surface area contributed by atoms with Gasteiger partial charge in [-0.15, -0.1) is 0 Å². The van der Waals surface area contributed by atoms with Crippen LogP contribution in [0.4, 0.5) is 0 Å². The zero-order valence-electron chi connectivity index (χ0n) is 19.0. The summed E-state index contributed by atoms with van der Waals surface area (Å²) in [6, 6.07) is 15.3. The van der Waals surface area contributed by atoms with E-state index in [9.17, 15) is 19.5 Å². The third-order valence-electron chi connectivity index (χ3n) is 5.59. The van der Waals surface area contributed by atoms with E-state index in [2.05, 4.69) is 6.58 Å². The number of benzene rings is 2. The summed E-state index contributed by atoms with van der Waals surface area (Å²) in [5, 5.41) is 11.2. The van der Waals surface area contributed by atoms with Gasteiger partial charge in [0.1, 0.15) is 23.9 Å². The van der Waals surface area contributed by atoms with Gasteiger partial charge < -0.3 is 23.9 Å². The molecule has 1 aromatic heterocycles. The monoisotopic (exact) mass is 473 g/mol. The molecule has 4 rings (SSSR count). The molecular formula is C27H23NO7. The highest BCUT2D eigenvalue weighted by Crippen LogP contribution is 2.40. The molecule has 3 aromatic rings. The Labute approximate surface area is 201 Å². The number of methoxy groups -OCH3 is 1. The Bertz CT molecular complexity index is 1270. The van der Waals surface area contributed by atoms with Gasteiger partial charge >= 0.3 is 5.97 Å². The molecule has 0 unspecified atom stereocenters. The zero-order chi connectivity index (χ0) is 24.9. The van der Waals surface area contributed by atoms with Crippen LogP contribution in [0.1, 0.15) is 33.3 Å². The Morgan fingerprint density at radius 2 is 1.77 bits per heavy atom. The van der Waals surface area contributed by atoms with E-state index in [1.54, 1.807) is 66.7 Å². The SMILES string of the molecule is C=CCOc1ccc(C(O)=C2C(=O)C(=O)N(Cc3ccco3)[C@@H]2c2ccc(C(=O)OC)cc2)cc1. The van der Waals surface area contributed by atoms with Crippen molar-refractivity contribution < 1.29 is 33.4 Å². The van der Waals surface area contributed by atoms with Crippen molar-refractivity contribution in [1.82, 2.24) is 4.90 Å². The van der Waals surface area contributed by atoms with Gasteiger partial charge in [0.25, 0.3) is 11.7 Å². The van der Waals surface area contributed by atoms with Crippen LogP contribution in [0.25, 0.3) is 5.76 Å². The number of aliphatic hydroxyl groups is 1. The van der Waals surface area contributed by atoms with Crippen LogP contribution in [-0.2, 0) is 20.9 Å². The largest absolute Gasteiger partial charge is 0.507 e. The van der Waals surface area contributed by atoms with E-state index in [4.69, 9.17) is 13.9 Å². The topological polar surface area (TPSA) is 106 Å². The van der Waals surface area contributed by atoms with E-state index in [1.165, 1.54) is 18.3 Å². The Hall–Kier alpha value is -4.59. The molecule has 1 fully saturated rings. The Kier molecular flexibility index (Phi) is 6.82. The molecule has 1 N–H and O–H groups in total. The standard InChI is InChI=1S/C27H23NO7/c1-3-14-34-20-12-10-18(11-13-20)24(29)22-23(17-6-8-19(9-7-17)27(32)33-2)28(26(31)25(22)30)16-21-5-4-15-35-21/h3-13,15,23,29H,1,14,16H2,2H3/t23-/m1/s1. The number of ether oxygens (including phenoxy) is 2. The highest BCUT2D eigenvalue weighted by Gasteiger charge is 2.46. The summed E-state index contributed by atoms with van der Waals surface area (Å²) in [5.41, 5.74) is 1.14. The minimum absolute atomic E-state index is 0.0199. The minimum atomic E-state index is -0.900. The lowest BCUT2D eigenvalue weighted by Crippen LogP contribution is -2.29. The maximum atomic E-state index is 13.1. The molecule has 8 nitrogen and oxygen atoms in total. The average molecular weight is 473 g/mol. The molecule has 0 bridgehead atoms. The molecule has 0 saturated carbocycles. The number of hydrogen-bond donors (Lipinski definition) is 1. The van der Waals surface area contributed by atoms with Crippen LogP contribution in [0.5, 0.6) is 5.75 Å². The number of rotatable bonds is 8. The Balaban J connectivity index is 1.78. The molecule has 1 aliphatic rings. The normalized spacial score (nSPS) is 16.8. The zero-order valence-corrected chi connectivity index (χ0v) is 19.0. The fourth-order valence-electron chi connectivity index (χ4n) is 3.90. The summed E-state index contributed by atoms with van der Waals surface area (Å²) < 4.78 is 15.6. The number of carbonyl (C=O) groups is 3. The molecule has 2 aromatic carbocycles. The fourth-order valence-corrected chi connectivity index (χ4v) is 3.90. The second-order valence-corrected chi connectivity index (χ2v) is 7.74. The van der Waals surface area contributed by atoms with Crippen LogP contribution in [0.15, 0.2) is 89.6 Å². The van der Waals surface area contributed by atoms with Crippen molar-refractivity contribution in [3.8, 4) is 5.75 Å². The Morgan fingerprint density at radius 3 is 2.37 bits per heavy atom. The maximum Gasteiger partial charge on any atom is 0.337 e. The van der Waals surface area contributed by atoms with Crippen LogP contribution < -0.4 is 4.74 Å². The van der Waals surface area contributed by atoms with Crippen molar-refractivity contribution in [2.75, 3.05) is 13.7 Å². The molecule has 0 spiro atoms. The molecule has 0 radical (unpaired) electrons. The lowest BCUT2D eigenvalue weighted by atomic mass is 9.94. The summed E-state index contributed by atoms with van der Waals surface area (Å²) in [7, 11) is 1.28. The molecule has 35 heavy (non-hydrogen) atoms. The van der Waals surface area contributed by atoms with Crippen molar-refractivity contribution in [1.29, 1.82) is 0 Å². The number of carbonyl (C=O) groups excluding carboxylic acids is 3. The van der Waals surface area contributed by atoms with Gasteiger partial charge in [0, 0.05) is 5.56 Å². The van der Waals surface area contributed by atoms with Crippen molar-refractivity contribution in [2.45, 2.75) is 12.6 Å². The summed E-state index contributed by atoms with van der Waals surface area (Å²) in [4.78, 5) is 39.4. The van der Waals surface area contributed by atoms with E-state index in [0.717, 1.165) is 0 Å². The fraction of sp³-hybridized carbons (Fsp3) is 0.148. The number of amides is 1. The Morgan fingerprint density at radius 1 is 1.09 bits per heavy atom. The van der Waals surface area contributed by atoms with Crippen LogP contribution >= 0.6 is 0 Å². The summed E-state index contributed by atoms with van der Waals surface area (Å²) >= 11 is 0. The van der Waals surface area contributed by atoms with E-state index in [-0.39, 0.29) is 17.9 Å². The second-order valence-electron chi connectivity index (χ2n) is 7.74. The molecule has 1 amide bonds. The quantitative estimate of drug-likeness (QED) is 0.171. The van der Waals surface area contributed by atoms with E-state index in [1.807, 2.05) is 0 Å². The highest BCUT2D eigenvalue weighted by molar-refractivity contribution is 6.46. The van der Waals surface area contributed by atoms with Gasteiger partial charge in [-0.1, -0.05) is 24.8 Å². The van der Waals surface area contributed by atoms with Crippen LogP contribution in [0.2, 0.25) is 0 Å². The smallest absolute Gasteiger partial charge is 0.337 e. The predicted molar refractivity (Wildman–Crippen MR) is 126 cm³/mol. The van der Waals surface area contributed by atoms with Crippen LogP contribution in [0, 0.1) is 0 Å². The van der Waals surface area contributed by atoms with Crippen LogP contribution in [0.3, 0.4) is 0 Å². The first-order valence-corrected chi connectivity index (χ1v) is 10.8. The third kappa shape index (κ3) is 4.72. The number of likely N-dealkylation sites (tertiary alicyclic amines) is 1. The molecule has 0 aliphatic carbocycles. The summed E-state index contributed by atoms with van der Waals surface area (Å²) in [6.07, 6.45) is 3.09. The van der Waals surface area contributed by atoms with Gasteiger partial charge in [-0.3, -0.25) is 9.59 Å². The van der Waals surface area contributed by atoms with Crippen molar-refractivity contribution in [3.63, 3.8) is 0 Å². The molecule has 8 heteroatoms. The van der Waals surface area contributed by atoms with E-state index in [0.29, 0.717) is 34.8 Å².